The topological polar surface area (TPSA) is 73.6 Å². The molecular formula is C17H25ClN2O3. The summed E-state index contributed by atoms with van der Waals surface area (Å²) in [5.41, 5.74) is 5.02. The lowest BCUT2D eigenvalue weighted by Gasteiger charge is -2.57. The average molecular weight is 341 g/mol. The summed E-state index contributed by atoms with van der Waals surface area (Å²) in [6.45, 7) is 7.26. The van der Waals surface area contributed by atoms with Gasteiger partial charge < -0.3 is 20.5 Å². The first-order valence-electron chi connectivity index (χ1n) is 7.88. The Kier molecular flexibility index (Phi) is 5.55. The van der Waals surface area contributed by atoms with Crippen LogP contribution in [0.2, 0.25) is 5.02 Å². The van der Waals surface area contributed by atoms with Crippen LogP contribution in [0, 0.1) is 5.41 Å². The van der Waals surface area contributed by atoms with Crippen molar-refractivity contribution < 1.29 is 14.3 Å². The van der Waals surface area contributed by atoms with Gasteiger partial charge in [0, 0.05) is 23.5 Å². The van der Waals surface area contributed by atoms with E-state index < -0.39 is 5.54 Å². The van der Waals surface area contributed by atoms with Crippen molar-refractivity contribution in [3.8, 4) is 5.75 Å². The molecular weight excluding hydrogens is 316 g/mol. The van der Waals surface area contributed by atoms with Gasteiger partial charge in [-0.05, 0) is 25.1 Å². The molecule has 1 aliphatic rings. The second-order valence-electron chi connectivity index (χ2n) is 6.40. The van der Waals surface area contributed by atoms with Gasteiger partial charge in [-0.15, -0.1) is 0 Å². The number of halogens is 1. The molecule has 0 bridgehead atoms. The summed E-state index contributed by atoms with van der Waals surface area (Å²) >= 11 is 5.89. The number of rotatable bonds is 7. The van der Waals surface area contributed by atoms with Crippen molar-refractivity contribution in [1.29, 1.82) is 0 Å². The van der Waals surface area contributed by atoms with Gasteiger partial charge in [-0.2, -0.15) is 0 Å². The molecule has 3 N–H and O–H groups in total. The largest absolute Gasteiger partial charge is 0.492 e. The van der Waals surface area contributed by atoms with E-state index in [-0.39, 0.29) is 17.4 Å². The third-order valence-electron chi connectivity index (χ3n) is 4.69. The van der Waals surface area contributed by atoms with Gasteiger partial charge in [0.1, 0.15) is 17.9 Å². The Labute approximate surface area is 142 Å². The highest BCUT2D eigenvalue weighted by Gasteiger charge is 2.62. The summed E-state index contributed by atoms with van der Waals surface area (Å²) in [7, 11) is 0. The minimum Gasteiger partial charge on any atom is -0.492 e. The van der Waals surface area contributed by atoms with Crippen LogP contribution in [0.25, 0.3) is 0 Å². The molecule has 1 aliphatic carbocycles. The fourth-order valence-electron chi connectivity index (χ4n) is 2.87. The van der Waals surface area contributed by atoms with E-state index in [1.165, 1.54) is 0 Å². The summed E-state index contributed by atoms with van der Waals surface area (Å²) < 4.78 is 11.2. The number of hydrogen-bond donors (Lipinski definition) is 2. The highest BCUT2D eigenvalue weighted by atomic mass is 35.5. The molecule has 2 atom stereocenters. The minimum absolute atomic E-state index is 0.0194. The zero-order chi connectivity index (χ0) is 17.1. The molecule has 0 spiro atoms. The molecule has 1 amide bonds. The first-order chi connectivity index (χ1) is 10.8. The van der Waals surface area contributed by atoms with Gasteiger partial charge in [-0.25, -0.2) is 0 Å². The molecule has 1 saturated carbocycles. The maximum absolute atomic E-state index is 12.4. The van der Waals surface area contributed by atoms with Gasteiger partial charge in [0.05, 0.1) is 12.6 Å². The van der Waals surface area contributed by atoms with Crippen LogP contribution in [0.1, 0.15) is 27.2 Å². The van der Waals surface area contributed by atoms with Gasteiger partial charge in [0.25, 0.3) is 0 Å². The van der Waals surface area contributed by atoms with E-state index in [1.807, 2.05) is 32.9 Å². The van der Waals surface area contributed by atoms with Crippen molar-refractivity contribution in [2.45, 2.75) is 38.8 Å². The van der Waals surface area contributed by atoms with E-state index in [0.29, 0.717) is 37.0 Å². The number of ether oxygens (including phenoxy) is 2. The molecule has 1 aromatic carbocycles. The van der Waals surface area contributed by atoms with E-state index in [1.54, 1.807) is 12.1 Å². The minimum atomic E-state index is -0.900. The molecule has 0 aromatic heterocycles. The molecule has 0 aliphatic heterocycles. The molecule has 6 heteroatoms. The number of nitrogens with two attached hydrogens (primary N) is 1. The lowest BCUT2D eigenvalue weighted by molar-refractivity contribution is -0.170. The number of amides is 1. The Morgan fingerprint density at radius 3 is 2.83 bits per heavy atom. The Bertz CT molecular complexity index is 565. The number of nitrogens with one attached hydrogen (secondary N) is 1. The van der Waals surface area contributed by atoms with Crippen LogP contribution in [0.15, 0.2) is 24.3 Å². The van der Waals surface area contributed by atoms with Crippen LogP contribution >= 0.6 is 11.6 Å². The summed E-state index contributed by atoms with van der Waals surface area (Å²) in [6, 6.07) is 7.15. The lowest BCUT2D eigenvalue weighted by Crippen LogP contribution is -2.75. The van der Waals surface area contributed by atoms with Crippen molar-refractivity contribution in [2.75, 3.05) is 19.8 Å². The number of carbonyl (C=O) groups excluding carboxylic acids is 1. The van der Waals surface area contributed by atoms with E-state index in [4.69, 9.17) is 26.8 Å². The second-order valence-corrected chi connectivity index (χ2v) is 6.84. The fraction of sp³-hybridized carbons (Fsp3) is 0.588. The Morgan fingerprint density at radius 1 is 1.48 bits per heavy atom. The molecule has 128 valence electrons. The van der Waals surface area contributed by atoms with Gasteiger partial charge >= 0.3 is 0 Å². The van der Waals surface area contributed by atoms with Crippen LogP contribution in [-0.4, -0.2) is 37.3 Å². The zero-order valence-corrected chi connectivity index (χ0v) is 14.7. The third-order valence-corrected chi connectivity index (χ3v) is 4.92. The summed E-state index contributed by atoms with van der Waals surface area (Å²) in [5, 5.41) is 3.47. The zero-order valence-electron chi connectivity index (χ0n) is 13.9. The molecule has 1 aromatic rings. The Hall–Kier alpha value is -1.30. The van der Waals surface area contributed by atoms with E-state index in [9.17, 15) is 4.79 Å². The van der Waals surface area contributed by atoms with Crippen molar-refractivity contribution in [3.05, 3.63) is 29.3 Å². The smallest absolute Gasteiger partial charge is 0.240 e. The highest BCUT2D eigenvalue weighted by molar-refractivity contribution is 6.30. The van der Waals surface area contributed by atoms with Crippen molar-refractivity contribution >= 4 is 17.5 Å². The molecule has 2 rings (SSSR count). The summed E-state index contributed by atoms with van der Waals surface area (Å²) in [6.07, 6.45) is 0.556. The number of benzene rings is 1. The Morgan fingerprint density at radius 2 is 2.22 bits per heavy atom. The van der Waals surface area contributed by atoms with Gasteiger partial charge in [0.15, 0.2) is 0 Å². The monoisotopic (exact) mass is 340 g/mol. The van der Waals surface area contributed by atoms with Gasteiger partial charge in [-0.1, -0.05) is 31.5 Å². The van der Waals surface area contributed by atoms with Crippen LogP contribution in [0.5, 0.6) is 5.75 Å². The van der Waals surface area contributed by atoms with Gasteiger partial charge in [0.2, 0.25) is 5.91 Å². The Balaban J connectivity index is 1.79. The number of carbonyl (C=O) groups is 1. The third kappa shape index (κ3) is 3.62. The van der Waals surface area contributed by atoms with E-state index in [0.717, 1.165) is 0 Å². The first kappa shape index (κ1) is 18.0. The number of hydrogen-bond acceptors (Lipinski definition) is 4. The van der Waals surface area contributed by atoms with Crippen molar-refractivity contribution in [3.63, 3.8) is 0 Å². The molecule has 2 unspecified atom stereocenters. The van der Waals surface area contributed by atoms with E-state index in [2.05, 4.69) is 5.32 Å². The van der Waals surface area contributed by atoms with Gasteiger partial charge in [-0.3, -0.25) is 4.79 Å². The average Bonchev–Trinajstić information content (AvgIpc) is 2.51. The SMILES string of the molecule is CCOC1CC(N)(C(=O)NCCOc2cccc(Cl)c2)C1(C)C. The molecule has 0 radical (unpaired) electrons. The molecule has 1 fully saturated rings. The van der Waals surface area contributed by atoms with Crippen molar-refractivity contribution in [1.82, 2.24) is 5.32 Å². The first-order valence-corrected chi connectivity index (χ1v) is 8.26. The standard InChI is InChI=1S/C17H25ClN2O3/c1-4-22-14-11-17(19,16(14,2)3)15(21)20-8-9-23-13-7-5-6-12(18)10-13/h5-7,10,14H,4,8-9,11,19H2,1-3H3,(H,20,21). The lowest BCUT2D eigenvalue weighted by atomic mass is 9.54. The van der Waals surface area contributed by atoms with Crippen LogP contribution in [0.3, 0.4) is 0 Å². The fourth-order valence-corrected chi connectivity index (χ4v) is 3.05. The predicted octanol–water partition coefficient (Wildman–Crippen LogP) is 2.37. The van der Waals surface area contributed by atoms with Crippen LogP contribution in [-0.2, 0) is 9.53 Å². The molecule has 0 saturated heterocycles. The maximum atomic E-state index is 12.4. The second kappa shape index (κ2) is 7.07. The summed E-state index contributed by atoms with van der Waals surface area (Å²) in [5.74, 6) is 0.516. The van der Waals surface area contributed by atoms with E-state index >= 15 is 0 Å². The van der Waals surface area contributed by atoms with Crippen LogP contribution in [0.4, 0.5) is 0 Å². The van der Waals surface area contributed by atoms with Crippen molar-refractivity contribution in [2.24, 2.45) is 11.1 Å². The molecule has 23 heavy (non-hydrogen) atoms. The normalized spacial score (nSPS) is 25.5. The van der Waals surface area contributed by atoms with Crippen LogP contribution < -0.4 is 15.8 Å². The maximum Gasteiger partial charge on any atom is 0.240 e. The summed E-state index contributed by atoms with van der Waals surface area (Å²) in [4.78, 5) is 12.4. The molecule has 0 heterocycles. The quantitative estimate of drug-likeness (QED) is 0.747. The highest BCUT2D eigenvalue weighted by Crippen LogP contribution is 2.49. The molecule has 5 nitrogen and oxygen atoms in total. The predicted molar refractivity (Wildman–Crippen MR) is 90.7 cm³/mol.